The molecule has 7 heteroatoms. The van der Waals surface area contributed by atoms with Gasteiger partial charge in [-0.05, 0) is 6.92 Å². The summed E-state index contributed by atoms with van der Waals surface area (Å²) in [6.07, 6.45) is 2.97. The summed E-state index contributed by atoms with van der Waals surface area (Å²) in [6.45, 7) is 1.74. The van der Waals surface area contributed by atoms with Gasteiger partial charge in [-0.3, -0.25) is 0 Å². The quantitative estimate of drug-likeness (QED) is 0.790. The summed E-state index contributed by atoms with van der Waals surface area (Å²) in [4.78, 5) is 15.9. The fourth-order valence-corrected chi connectivity index (χ4v) is 1.83. The number of rotatable bonds is 2. The number of aromatic carboxylic acids is 1. The second kappa shape index (κ2) is 3.18. The molecule has 0 amide bonds. The predicted molar refractivity (Wildman–Crippen MR) is 48.7 cm³/mol. The Labute approximate surface area is 82.8 Å². The molecular formula is C7H6N4O2S. The van der Waals surface area contributed by atoms with E-state index < -0.39 is 5.97 Å². The van der Waals surface area contributed by atoms with Crippen LogP contribution < -0.4 is 0 Å². The van der Waals surface area contributed by atoms with Gasteiger partial charge in [0.1, 0.15) is 0 Å². The van der Waals surface area contributed by atoms with Crippen LogP contribution in [0.4, 0.5) is 0 Å². The fraction of sp³-hybridized carbons (Fsp3) is 0.143. The first-order valence-electron chi connectivity index (χ1n) is 3.76. The van der Waals surface area contributed by atoms with Crippen molar-refractivity contribution in [1.29, 1.82) is 0 Å². The number of carboxylic acids is 1. The normalized spacial score (nSPS) is 10.4. The van der Waals surface area contributed by atoms with E-state index in [0.717, 1.165) is 0 Å². The Morgan fingerprint density at radius 2 is 2.14 bits per heavy atom. The Hall–Kier alpha value is -1.76. The first kappa shape index (κ1) is 8.82. The van der Waals surface area contributed by atoms with Crippen LogP contribution in [-0.4, -0.2) is 31.1 Å². The van der Waals surface area contributed by atoms with E-state index in [2.05, 4.69) is 15.2 Å². The average Bonchev–Trinajstić information content (AvgIpc) is 2.70. The number of nitrogens with zero attached hydrogens (tertiary/aromatic N) is 4. The molecule has 0 fully saturated rings. The molecule has 2 rings (SSSR count). The van der Waals surface area contributed by atoms with Crippen LogP contribution in [0.2, 0.25) is 0 Å². The first-order chi connectivity index (χ1) is 6.68. The van der Waals surface area contributed by atoms with E-state index in [4.69, 9.17) is 5.11 Å². The monoisotopic (exact) mass is 210 g/mol. The predicted octanol–water partition coefficient (Wildman–Crippen LogP) is 0.730. The fourth-order valence-electron chi connectivity index (χ4n) is 1.01. The summed E-state index contributed by atoms with van der Waals surface area (Å²) in [5, 5.41) is 17.7. The minimum Gasteiger partial charge on any atom is -0.476 e. The van der Waals surface area contributed by atoms with Crippen molar-refractivity contribution in [2.24, 2.45) is 0 Å². The summed E-state index contributed by atoms with van der Waals surface area (Å²) in [5.41, 5.74) is -0.0105. The smallest absolute Gasteiger partial charge is 0.357 e. The standard InChI is InChI=1S/C7H6N4O2S/c1-4-10-5(7(12)13)6(14-4)11-8-2-3-9-11/h2-3H,1H3,(H,12,13). The lowest BCUT2D eigenvalue weighted by atomic mass is 10.5. The van der Waals surface area contributed by atoms with Gasteiger partial charge in [0.15, 0.2) is 10.7 Å². The average molecular weight is 210 g/mol. The molecule has 2 heterocycles. The third-order valence-corrected chi connectivity index (χ3v) is 2.46. The number of thiazole rings is 1. The number of hydrogen-bond donors (Lipinski definition) is 1. The van der Waals surface area contributed by atoms with Gasteiger partial charge in [-0.25, -0.2) is 9.78 Å². The zero-order chi connectivity index (χ0) is 10.1. The highest BCUT2D eigenvalue weighted by Gasteiger charge is 2.18. The Morgan fingerprint density at radius 1 is 1.50 bits per heavy atom. The van der Waals surface area contributed by atoms with Gasteiger partial charge >= 0.3 is 5.97 Å². The lowest BCUT2D eigenvalue weighted by molar-refractivity contribution is 0.0691. The van der Waals surface area contributed by atoms with E-state index in [9.17, 15) is 4.79 Å². The van der Waals surface area contributed by atoms with Gasteiger partial charge in [-0.1, -0.05) is 11.3 Å². The van der Waals surface area contributed by atoms with E-state index >= 15 is 0 Å². The Balaban J connectivity index is 2.58. The van der Waals surface area contributed by atoms with Crippen LogP contribution >= 0.6 is 11.3 Å². The molecule has 0 aromatic carbocycles. The molecule has 0 aliphatic rings. The molecule has 0 aliphatic heterocycles. The second-order valence-corrected chi connectivity index (χ2v) is 3.69. The number of carboxylic acid groups (broad SMARTS) is 1. The van der Waals surface area contributed by atoms with Crippen molar-refractivity contribution in [2.75, 3.05) is 0 Å². The summed E-state index contributed by atoms with van der Waals surface area (Å²) in [6, 6.07) is 0. The SMILES string of the molecule is Cc1nc(C(=O)O)c(-n2nccn2)s1. The molecule has 0 saturated carbocycles. The third-order valence-electron chi connectivity index (χ3n) is 1.52. The van der Waals surface area contributed by atoms with Crippen LogP contribution in [-0.2, 0) is 0 Å². The maximum atomic E-state index is 10.8. The molecule has 0 aliphatic carbocycles. The molecule has 6 nitrogen and oxygen atoms in total. The maximum Gasteiger partial charge on any atom is 0.357 e. The molecule has 0 saturated heterocycles. The lowest BCUT2D eigenvalue weighted by Crippen LogP contribution is -2.05. The molecule has 2 aromatic heterocycles. The molecule has 0 unspecified atom stereocenters. The summed E-state index contributed by atoms with van der Waals surface area (Å²) in [5.74, 6) is -1.07. The van der Waals surface area contributed by atoms with Crippen LogP contribution in [0.1, 0.15) is 15.5 Å². The molecule has 72 valence electrons. The minimum absolute atomic E-state index is 0.0105. The van der Waals surface area contributed by atoms with Crippen molar-refractivity contribution in [2.45, 2.75) is 6.92 Å². The van der Waals surface area contributed by atoms with Crippen LogP contribution in [0.15, 0.2) is 12.4 Å². The van der Waals surface area contributed by atoms with E-state index in [1.165, 1.54) is 28.5 Å². The number of carbonyl (C=O) groups is 1. The van der Waals surface area contributed by atoms with Crippen molar-refractivity contribution < 1.29 is 9.90 Å². The van der Waals surface area contributed by atoms with Gasteiger partial charge in [-0.2, -0.15) is 10.2 Å². The zero-order valence-electron chi connectivity index (χ0n) is 7.21. The van der Waals surface area contributed by atoms with E-state index in [0.29, 0.717) is 10.0 Å². The molecule has 0 spiro atoms. The molecule has 2 aromatic rings. The highest BCUT2D eigenvalue weighted by molar-refractivity contribution is 7.14. The highest BCUT2D eigenvalue weighted by atomic mass is 32.1. The van der Waals surface area contributed by atoms with Crippen molar-refractivity contribution in [3.63, 3.8) is 0 Å². The van der Waals surface area contributed by atoms with E-state index in [1.807, 2.05) is 0 Å². The first-order valence-corrected chi connectivity index (χ1v) is 4.57. The van der Waals surface area contributed by atoms with Gasteiger partial charge in [0, 0.05) is 0 Å². The van der Waals surface area contributed by atoms with E-state index in [-0.39, 0.29) is 5.69 Å². The Bertz CT molecular complexity index is 462. The zero-order valence-corrected chi connectivity index (χ0v) is 8.02. The molecule has 1 N–H and O–H groups in total. The highest BCUT2D eigenvalue weighted by Crippen LogP contribution is 2.20. The van der Waals surface area contributed by atoms with Gasteiger partial charge in [-0.15, -0.1) is 4.80 Å². The molecule has 0 atom stereocenters. The summed E-state index contributed by atoms with van der Waals surface area (Å²) >= 11 is 1.25. The van der Waals surface area contributed by atoms with Gasteiger partial charge in [0.05, 0.1) is 17.4 Å². The largest absolute Gasteiger partial charge is 0.476 e. The molecule has 0 bridgehead atoms. The second-order valence-electron chi connectivity index (χ2n) is 2.51. The minimum atomic E-state index is -1.07. The van der Waals surface area contributed by atoms with Crippen molar-refractivity contribution in [3.8, 4) is 5.00 Å². The number of aryl methyl sites for hydroxylation is 1. The van der Waals surface area contributed by atoms with Gasteiger partial charge < -0.3 is 5.11 Å². The van der Waals surface area contributed by atoms with Gasteiger partial charge in [0.25, 0.3) is 0 Å². The van der Waals surface area contributed by atoms with Crippen LogP contribution in [0, 0.1) is 6.92 Å². The summed E-state index contributed by atoms with van der Waals surface area (Å²) in [7, 11) is 0. The van der Waals surface area contributed by atoms with Crippen molar-refractivity contribution in [1.82, 2.24) is 20.0 Å². The maximum absolute atomic E-state index is 10.8. The molecule has 14 heavy (non-hydrogen) atoms. The van der Waals surface area contributed by atoms with E-state index in [1.54, 1.807) is 6.92 Å². The number of hydrogen-bond acceptors (Lipinski definition) is 5. The topological polar surface area (TPSA) is 80.9 Å². The lowest BCUT2D eigenvalue weighted by Gasteiger charge is -1.94. The van der Waals surface area contributed by atoms with Crippen LogP contribution in [0.25, 0.3) is 5.00 Å². The Kier molecular flexibility index (Phi) is 2.01. The number of aromatic nitrogens is 4. The van der Waals surface area contributed by atoms with Crippen molar-refractivity contribution >= 4 is 17.3 Å². The third kappa shape index (κ3) is 1.37. The van der Waals surface area contributed by atoms with Gasteiger partial charge in [0.2, 0.25) is 0 Å². The van der Waals surface area contributed by atoms with Crippen LogP contribution in [0.5, 0.6) is 0 Å². The van der Waals surface area contributed by atoms with Crippen molar-refractivity contribution in [3.05, 3.63) is 23.1 Å². The van der Waals surface area contributed by atoms with Crippen LogP contribution in [0.3, 0.4) is 0 Å². The Morgan fingerprint density at radius 3 is 2.71 bits per heavy atom. The molecule has 0 radical (unpaired) electrons. The molecular weight excluding hydrogens is 204 g/mol. The summed E-state index contributed by atoms with van der Waals surface area (Å²) < 4.78 is 0.